The van der Waals surface area contributed by atoms with Gasteiger partial charge in [-0.25, -0.2) is 9.69 Å². The number of rotatable bonds is 6. The van der Waals surface area contributed by atoms with Crippen LogP contribution in [0.4, 0.5) is 10.5 Å². The standard InChI is InChI=1S/C32H31N5O4/c38-30(33-14-15-35-16-18-41-19-17-35)23-11-5-7-13-26(23)37-31(39)27-20-24-22-10-4-6-12-25(22)34-28(24)29(36(27)32(37)40)21-8-2-1-3-9-21/h1-13,27,29,34H,14-20H2,(H,33,38)/t27-,29-/m0/s1. The molecule has 0 spiro atoms. The fourth-order valence-corrected chi connectivity index (χ4v) is 6.39. The molecule has 2 N–H and O–H groups in total. The molecule has 2 saturated heterocycles. The first kappa shape index (κ1) is 25.5. The maximum atomic E-state index is 14.2. The predicted molar refractivity (Wildman–Crippen MR) is 155 cm³/mol. The van der Waals surface area contributed by atoms with Crippen LogP contribution in [-0.4, -0.2) is 78.1 Å². The first-order valence-corrected chi connectivity index (χ1v) is 14.1. The van der Waals surface area contributed by atoms with Gasteiger partial charge in [0.05, 0.1) is 24.5 Å². The number of anilines is 1. The molecule has 4 amide bonds. The molecular weight excluding hydrogens is 518 g/mol. The Hall–Kier alpha value is -4.47. The number of para-hydroxylation sites is 2. The van der Waals surface area contributed by atoms with Gasteiger partial charge in [-0.05, 0) is 29.3 Å². The summed E-state index contributed by atoms with van der Waals surface area (Å²) in [7, 11) is 0. The van der Waals surface area contributed by atoms with E-state index in [-0.39, 0.29) is 11.8 Å². The average molecular weight is 550 g/mol. The van der Waals surface area contributed by atoms with Gasteiger partial charge in [0, 0.05) is 49.2 Å². The predicted octanol–water partition coefficient (Wildman–Crippen LogP) is 3.71. The second-order valence-corrected chi connectivity index (χ2v) is 10.7. The number of fused-ring (bicyclic) bond motifs is 4. The Kier molecular flexibility index (Phi) is 6.53. The highest BCUT2D eigenvalue weighted by Gasteiger charge is 2.53. The smallest absolute Gasteiger partial charge is 0.332 e. The number of H-pyrrole nitrogens is 1. The molecule has 2 atom stereocenters. The van der Waals surface area contributed by atoms with Crippen LogP contribution in [0.15, 0.2) is 78.9 Å². The van der Waals surface area contributed by atoms with Crippen LogP contribution >= 0.6 is 0 Å². The van der Waals surface area contributed by atoms with Gasteiger partial charge in [-0.3, -0.25) is 19.4 Å². The van der Waals surface area contributed by atoms with Crippen molar-refractivity contribution in [2.75, 3.05) is 44.3 Å². The van der Waals surface area contributed by atoms with E-state index in [2.05, 4.69) is 21.3 Å². The quantitative estimate of drug-likeness (QED) is 0.358. The van der Waals surface area contributed by atoms with E-state index in [4.69, 9.17) is 4.74 Å². The molecule has 9 nitrogen and oxygen atoms in total. The highest BCUT2D eigenvalue weighted by molar-refractivity contribution is 6.24. The summed E-state index contributed by atoms with van der Waals surface area (Å²) in [5.41, 5.74) is 4.48. The van der Waals surface area contributed by atoms with E-state index in [9.17, 15) is 14.4 Å². The van der Waals surface area contributed by atoms with Gasteiger partial charge in [-0.15, -0.1) is 0 Å². The van der Waals surface area contributed by atoms with Crippen molar-refractivity contribution in [1.82, 2.24) is 20.1 Å². The number of aromatic nitrogens is 1. The molecular formula is C32H31N5O4. The Morgan fingerprint density at radius 1 is 0.927 bits per heavy atom. The van der Waals surface area contributed by atoms with Crippen molar-refractivity contribution >= 4 is 34.4 Å². The number of ether oxygens (including phenoxy) is 1. The maximum Gasteiger partial charge on any atom is 0.332 e. The van der Waals surface area contributed by atoms with E-state index >= 15 is 0 Å². The first-order valence-electron chi connectivity index (χ1n) is 14.1. The summed E-state index contributed by atoms with van der Waals surface area (Å²) in [4.78, 5) is 50.3. The molecule has 7 rings (SSSR count). The molecule has 3 aliphatic rings. The van der Waals surface area contributed by atoms with Crippen molar-refractivity contribution in [3.05, 3.63) is 101 Å². The van der Waals surface area contributed by atoms with Gasteiger partial charge in [0.2, 0.25) is 0 Å². The van der Waals surface area contributed by atoms with Crippen LogP contribution in [-0.2, 0) is 16.0 Å². The lowest BCUT2D eigenvalue weighted by atomic mass is 9.89. The average Bonchev–Trinajstić information content (AvgIpc) is 3.51. The Labute approximate surface area is 237 Å². The Morgan fingerprint density at radius 2 is 1.66 bits per heavy atom. The lowest BCUT2D eigenvalue weighted by Crippen LogP contribution is -2.44. The Morgan fingerprint density at radius 3 is 2.49 bits per heavy atom. The summed E-state index contributed by atoms with van der Waals surface area (Å²) in [5.74, 6) is -0.629. The summed E-state index contributed by atoms with van der Waals surface area (Å²) < 4.78 is 5.40. The van der Waals surface area contributed by atoms with Gasteiger partial charge in [-0.1, -0.05) is 60.7 Å². The number of carbonyl (C=O) groups is 3. The SMILES string of the molecule is O=C(NCCN1CCOCC1)c1ccccc1N1C(=O)[C@@H]2Cc3c([nH]c4ccccc34)[C@H](c3ccccc3)N2C1=O. The molecule has 9 heteroatoms. The zero-order valence-corrected chi connectivity index (χ0v) is 22.6. The Bertz CT molecular complexity index is 1630. The number of carbonyl (C=O) groups excluding carboxylic acids is 3. The molecule has 1 aromatic heterocycles. The van der Waals surface area contributed by atoms with Crippen LogP contribution in [0.1, 0.15) is 33.2 Å². The minimum Gasteiger partial charge on any atom is -0.379 e. The van der Waals surface area contributed by atoms with Gasteiger partial charge in [0.15, 0.2) is 0 Å². The topological polar surface area (TPSA) is 98.0 Å². The van der Waals surface area contributed by atoms with Crippen molar-refractivity contribution in [2.45, 2.75) is 18.5 Å². The van der Waals surface area contributed by atoms with Crippen LogP contribution in [0, 0.1) is 0 Å². The van der Waals surface area contributed by atoms with E-state index in [0.29, 0.717) is 44.0 Å². The molecule has 3 aliphatic heterocycles. The minimum absolute atomic E-state index is 0.302. The number of nitrogens with one attached hydrogen (secondary N) is 2. The van der Waals surface area contributed by atoms with E-state index < -0.39 is 18.1 Å². The molecule has 4 aromatic rings. The van der Waals surface area contributed by atoms with Crippen molar-refractivity contribution in [2.24, 2.45) is 0 Å². The number of benzene rings is 3. The first-order chi connectivity index (χ1) is 20.1. The van der Waals surface area contributed by atoms with Crippen LogP contribution < -0.4 is 10.2 Å². The summed E-state index contributed by atoms with van der Waals surface area (Å²) >= 11 is 0. The summed E-state index contributed by atoms with van der Waals surface area (Å²) in [5, 5.41) is 4.04. The monoisotopic (exact) mass is 549 g/mol. The third-order valence-corrected chi connectivity index (χ3v) is 8.37. The fourth-order valence-electron chi connectivity index (χ4n) is 6.39. The number of amides is 4. The lowest BCUT2D eigenvalue weighted by Gasteiger charge is -2.36. The molecule has 0 aliphatic carbocycles. The van der Waals surface area contributed by atoms with E-state index in [1.54, 1.807) is 29.2 Å². The number of imide groups is 1. The van der Waals surface area contributed by atoms with Crippen molar-refractivity contribution in [3.8, 4) is 0 Å². The van der Waals surface area contributed by atoms with Gasteiger partial charge < -0.3 is 15.0 Å². The molecule has 0 unspecified atom stereocenters. The number of aromatic amines is 1. The van der Waals surface area contributed by atoms with Crippen LogP contribution in [0.25, 0.3) is 10.9 Å². The number of morpholine rings is 1. The van der Waals surface area contributed by atoms with Crippen LogP contribution in [0.2, 0.25) is 0 Å². The molecule has 2 fully saturated rings. The largest absolute Gasteiger partial charge is 0.379 e. The van der Waals surface area contributed by atoms with E-state index in [1.165, 1.54) is 4.90 Å². The summed E-state index contributed by atoms with van der Waals surface area (Å²) in [6, 6.07) is 23.1. The third-order valence-electron chi connectivity index (χ3n) is 8.37. The van der Waals surface area contributed by atoms with Gasteiger partial charge in [-0.2, -0.15) is 0 Å². The molecule has 208 valence electrons. The number of nitrogens with zero attached hydrogens (tertiary/aromatic N) is 3. The highest BCUT2D eigenvalue weighted by atomic mass is 16.5. The zero-order chi connectivity index (χ0) is 27.9. The normalized spacial score (nSPS) is 20.8. The third kappa shape index (κ3) is 4.38. The van der Waals surface area contributed by atoms with Crippen molar-refractivity contribution < 1.29 is 19.1 Å². The van der Waals surface area contributed by atoms with Crippen LogP contribution in [0.3, 0.4) is 0 Å². The minimum atomic E-state index is -0.683. The summed E-state index contributed by atoms with van der Waals surface area (Å²) in [6.45, 7) is 4.22. The van der Waals surface area contributed by atoms with E-state index in [1.807, 2.05) is 48.5 Å². The van der Waals surface area contributed by atoms with Gasteiger partial charge in [0.25, 0.3) is 11.8 Å². The number of hydrogen-bond acceptors (Lipinski definition) is 5. The molecule has 0 bridgehead atoms. The van der Waals surface area contributed by atoms with Crippen molar-refractivity contribution in [1.29, 1.82) is 0 Å². The number of urea groups is 1. The Balaban J connectivity index is 1.22. The fraction of sp³-hybridized carbons (Fsp3) is 0.281. The molecule has 3 aromatic carbocycles. The molecule has 0 saturated carbocycles. The summed E-state index contributed by atoms with van der Waals surface area (Å²) in [6.07, 6.45) is 0.400. The second kappa shape index (κ2) is 10.5. The second-order valence-electron chi connectivity index (χ2n) is 10.7. The van der Waals surface area contributed by atoms with Crippen LogP contribution in [0.5, 0.6) is 0 Å². The molecule has 0 radical (unpaired) electrons. The maximum absolute atomic E-state index is 14.2. The lowest BCUT2D eigenvalue weighted by molar-refractivity contribution is -0.120. The molecule has 41 heavy (non-hydrogen) atoms. The number of hydrogen-bond donors (Lipinski definition) is 2. The van der Waals surface area contributed by atoms with Gasteiger partial charge >= 0.3 is 6.03 Å². The van der Waals surface area contributed by atoms with E-state index in [0.717, 1.165) is 40.8 Å². The zero-order valence-electron chi connectivity index (χ0n) is 22.6. The highest BCUT2D eigenvalue weighted by Crippen LogP contribution is 2.45. The molecule has 4 heterocycles. The van der Waals surface area contributed by atoms with Crippen molar-refractivity contribution in [3.63, 3.8) is 0 Å². The van der Waals surface area contributed by atoms with Gasteiger partial charge in [0.1, 0.15) is 12.1 Å².